The van der Waals surface area contributed by atoms with Crippen LogP contribution in [0.4, 0.5) is 4.79 Å². The Morgan fingerprint density at radius 1 is 1.35 bits per heavy atom. The van der Waals surface area contributed by atoms with Crippen molar-refractivity contribution >= 4 is 12.0 Å². The van der Waals surface area contributed by atoms with Crippen LogP contribution >= 0.6 is 0 Å². The van der Waals surface area contributed by atoms with Crippen molar-refractivity contribution < 1.29 is 14.7 Å². The Kier molecular flexibility index (Phi) is 4.27. The fourth-order valence-corrected chi connectivity index (χ4v) is 2.54. The van der Waals surface area contributed by atoms with Crippen LogP contribution < -0.4 is 5.32 Å². The van der Waals surface area contributed by atoms with Crippen molar-refractivity contribution in [3.8, 4) is 0 Å². The first-order valence-electron chi connectivity index (χ1n) is 6.82. The molecule has 1 saturated heterocycles. The topological polar surface area (TPSA) is 69.6 Å². The Hall–Kier alpha value is -2.04. The number of likely N-dealkylation sites (tertiary alicyclic amines) is 1. The number of nitrogens with zero attached hydrogens (tertiary/aromatic N) is 1. The highest BCUT2D eigenvalue weighted by molar-refractivity contribution is 5.78. The molecule has 0 aliphatic carbocycles. The van der Waals surface area contributed by atoms with Crippen molar-refractivity contribution in [3.05, 3.63) is 35.4 Å². The summed E-state index contributed by atoms with van der Waals surface area (Å²) in [6.07, 6.45) is 0.522. The number of aryl methyl sites for hydroxylation is 1. The van der Waals surface area contributed by atoms with Crippen LogP contribution in [0.5, 0.6) is 0 Å². The van der Waals surface area contributed by atoms with Gasteiger partial charge in [-0.15, -0.1) is 0 Å². The van der Waals surface area contributed by atoms with Crippen molar-refractivity contribution in [3.63, 3.8) is 0 Å². The number of carboxylic acids is 1. The highest BCUT2D eigenvalue weighted by Crippen LogP contribution is 2.24. The van der Waals surface area contributed by atoms with Gasteiger partial charge in [0.15, 0.2) is 0 Å². The second-order valence-electron chi connectivity index (χ2n) is 5.31. The molecule has 0 spiro atoms. The maximum Gasteiger partial charge on any atom is 0.317 e. The highest BCUT2D eigenvalue weighted by Gasteiger charge is 2.37. The summed E-state index contributed by atoms with van der Waals surface area (Å²) < 4.78 is 0. The number of benzene rings is 1. The van der Waals surface area contributed by atoms with Crippen LogP contribution in [0.3, 0.4) is 0 Å². The lowest BCUT2D eigenvalue weighted by molar-refractivity contribution is -0.142. The lowest BCUT2D eigenvalue weighted by Crippen LogP contribution is -2.43. The number of hydrogen-bond donors (Lipinski definition) is 2. The summed E-state index contributed by atoms with van der Waals surface area (Å²) in [5, 5.41) is 11.9. The summed E-state index contributed by atoms with van der Waals surface area (Å²) in [7, 11) is 0. The number of carboxylic acid groups (broad SMARTS) is 1. The predicted molar refractivity (Wildman–Crippen MR) is 75.3 cm³/mol. The van der Waals surface area contributed by atoms with Crippen LogP contribution in [0.2, 0.25) is 0 Å². The number of rotatable bonds is 3. The first kappa shape index (κ1) is 14.4. The molecule has 2 unspecified atom stereocenters. The molecule has 2 atom stereocenters. The normalized spacial score (nSPS) is 21.8. The van der Waals surface area contributed by atoms with Gasteiger partial charge in [-0.1, -0.05) is 29.8 Å². The van der Waals surface area contributed by atoms with E-state index in [0.29, 0.717) is 19.5 Å². The molecule has 2 rings (SSSR count). The molecule has 1 heterocycles. The van der Waals surface area contributed by atoms with Gasteiger partial charge in [-0.2, -0.15) is 0 Å². The molecular formula is C15H20N2O3. The lowest BCUT2D eigenvalue weighted by atomic mass is 10.0. The van der Waals surface area contributed by atoms with E-state index in [9.17, 15) is 9.59 Å². The predicted octanol–water partition coefficient (Wildman–Crippen LogP) is 2.00. The molecule has 2 amide bonds. The zero-order valence-electron chi connectivity index (χ0n) is 11.8. The molecule has 0 radical (unpaired) electrons. The molecule has 1 aliphatic heterocycles. The summed E-state index contributed by atoms with van der Waals surface area (Å²) in [6, 6.07) is 7.50. The highest BCUT2D eigenvalue weighted by atomic mass is 16.4. The molecule has 0 aromatic heterocycles. The number of aliphatic carboxylic acids is 1. The Morgan fingerprint density at radius 2 is 2.00 bits per heavy atom. The third-order valence-corrected chi connectivity index (χ3v) is 3.90. The zero-order chi connectivity index (χ0) is 14.7. The zero-order valence-corrected chi connectivity index (χ0v) is 11.8. The van der Waals surface area contributed by atoms with E-state index in [0.717, 1.165) is 5.56 Å². The van der Waals surface area contributed by atoms with Gasteiger partial charge in [-0.25, -0.2) is 4.79 Å². The SMILES string of the molecule is Cc1ccc(CNC(=O)N2CCC(C(=O)O)C2C)cc1. The monoisotopic (exact) mass is 276 g/mol. The molecule has 1 fully saturated rings. The molecule has 1 aromatic rings. The van der Waals surface area contributed by atoms with Crippen LogP contribution in [-0.2, 0) is 11.3 Å². The van der Waals surface area contributed by atoms with E-state index in [1.54, 1.807) is 11.8 Å². The minimum atomic E-state index is -0.827. The van der Waals surface area contributed by atoms with Gasteiger partial charge in [0, 0.05) is 19.1 Å². The van der Waals surface area contributed by atoms with Crippen molar-refractivity contribution in [2.75, 3.05) is 6.54 Å². The third-order valence-electron chi connectivity index (χ3n) is 3.90. The molecular weight excluding hydrogens is 256 g/mol. The quantitative estimate of drug-likeness (QED) is 0.887. The Bertz CT molecular complexity index is 498. The average molecular weight is 276 g/mol. The number of hydrogen-bond acceptors (Lipinski definition) is 2. The van der Waals surface area contributed by atoms with Gasteiger partial charge in [0.2, 0.25) is 0 Å². The average Bonchev–Trinajstić information content (AvgIpc) is 2.80. The van der Waals surface area contributed by atoms with Crippen molar-refractivity contribution in [2.24, 2.45) is 5.92 Å². The van der Waals surface area contributed by atoms with Crippen molar-refractivity contribution in [2.45, 2.75) is 32.9 Å². The second kappa shape index (κ2) is 5.94. The van der Waals surface area contributed by atoms with Crippen LogP contribution in [0.25, 0.3) is 0 Å². The molecule has 20 heavy (non-hydrogen) atoms. The van der Waals surface area contributed by atoms with Gasteiger partial charge in [-0.3, -0.25) is 4.79 Å². The van der Waals surface area contributed by atoms with E-state index in [1.807, 2.05) is 31.2 Å². The van der Waals surface area contributed by atoms with Gasteiger partial charge in [0.25, 0.3) is 0 Å². The molecule has 2 N–H and O–H groups in total. The molecule has 1 aliphatic rings. The first-order chi connectivity index (χ1) is 9.49. The van der Waals surface area contributed by atoms with Crippen LogP contribution in [0, 0.1) is 12.8 Å². The number of amides is 2. The van der Waals surface area contributed by atoms with Crippen molar-refractivity contribution in [1.29, 1.82) is 0 Å². The largest absolute Gasteiger partial charge is 0.481 e. The fourth-order valence-electron chi connectivity index (χ4n) is 2.54. The number of nitrogens with one attached hydrogen (secondary N) is 1. The number of urea groups is 1. The van der Waals surface area contributed by atoms with Crippen molar-refractivity contribution in [1.82, 2.24) is 10.2 Å². The summed E-state index contributed by atoms with van der Waals surface area (Å²) in [5.74, 6) is -1.29. The summed E-state index contributed by atoms with van der Waals surface area (Å²) >= 11 is 0. The Morgan fingerprint density at radius 3 is 2.55 bits per heavy atom. The van der Waals surface area contributed by atoms with Gasteiger partial charge in [0.1, 0.15) is 0 Å². The van der Waals surface area contributed by atoms with E-state index in [2.05, 4.69) is 5.32 Å². The summed E-state index contributed by atoms with van der Waals surface area (Å²) in [4.78, 5) is 24.7. The third kappa shape index (κ3) is 3.10. The maximum absolute atomic E-state index is 12.1. The lowest BCUT2D eigenvalue weighted by Gasteiger charge is -2.23. The Labute approximate surface area is 118 Å². The fraction of sp³-hybridized carbons (Fsp3) is 0.467. The molecule has 0 bridgehead atoms. The maximum atomic E-state index is 12.1. The molecule has 0 saturated carbocycles. The van der Waals surface area contributed by atoms with Crippen LogP contribution in [0.1, 0.15) is 24.5 Å². The van der Waals surface area contributed by atoms with E-state index in [-0.39, 0.29) is 12.1 Å². The van der Waals surface area contributed by atoms with Gasteiger partial charge in [-0.05, 0) is 25.8 Å². The van der Waals surface area contributed by atoms with Gasteiger partial charge < -0.3 is 15.3 Å². The number of carbonyl (C=O) groups excluding carboxylic acids is 1. The molecule has 1 aromatic carbocycles. The van der Waals surface area contributed by atoms with E-state index in [1.165, 1.54) is 5.56 Å². The number of carbonyl (C=O) groups is 2. The first-order valence-corrected chi connectivity index (χ1v) is 6.82. The van der Waals surface area contributed by atoms with E-state index < -0.39 is 11.9 Å². The van der Waals surface area contributed by atoms with Gasteiger partial charge >= 0.3 is 12.0 Å². The summed E-state index contributed by atoms with van der Waals surface area (Å²) in [5.41, 5.74) is 2.21. The van der Waals surface area contributed by atoms with Crippen LogP contribution in [0.15, 0.2) is 24.3 Å². The molecule has 5 nitrogen and oxygen atoms in total. The second-order valence-corrected chi connectivity index (χ2v) is 5.31. The molecule has 108 valence electrons. The van der Waals surface area contributed by atoms with Gasteiger partial charge in [0.05, 0.1) is 5.92 Å². The Balaban J connectivity index is 1.89. The van der Waals surface area contributed by atoms with E-state index in [4.69, 9.17) is 5.11 Å². The smallest absolute Gasteiger partial charge is 0.317 e. The van der Waals surface area contributed by atoms with E-state index >= 15 is 0 Å². The molecule has 5 heteroatoms. The standard InChI is InChI=1S/C15H20N2O3/c1-10-3-5-12(6-4-10)9-16-15(20)17-8-7-13(11(17)2)14(18)19/h3-6,11,13H,7-9H2,1-2H3,(H,16,20)(H,18,19). The minimum Gasteiger partial charge on any atom is -0.481 e. The van der Waals surface area contributed by atoms with Crippen LogP contribution in [-0.4, -0.2) is 34.6 Å². The minimum absolute atomic E-state index is 0.193. The summed E-state index contributed by atoms with van der Waals surface area (Å²) in [6.45, 7) is 4.76.